The fourth-order valence-electron chi connectivity index (χ4n) is 2.82. The molecule has 0 radical (unpaired) electrons. The summed E-state index contributed by atoms with van der Waals surface area (Å²) in [5.74, 6) is 1.74. The lowest BCUT2D eigenvalue weighted by Crippen LogP contribution is -2.40. The third kappa shape index (κ3) is 4.39. The highest BCUT2D eigenvalue weighted by atomic mass is 16.2. The first-order valence-electron chi connectivity index (χ1n) is 8.07. The molecule has 2 aliphatic rings. The molecule has 2 fully saturated rings. The van der Waals surface area contributed by atoms with Crippen LogP contribution in [0.1, 0.15) is 46.0 Å². The predicted molar refractivity (Wildman–Crippen MR) is 81.7 cm³/mol. The normalized spacial score (nSPS) is 25.7. The molecular formula is C15H28N4O. The number of rotatable bonds is 6. The zero-order valence-electron chi connectivity index (χ0n) is 12.8. The molecule has 0 spiro atoms. The van der Waals surface area contributed by atoms with E-state index in [2.05, 4.69) is 29.5 Å². The minimum Gasteiger partial charge on any atom is -0.357 e. The highest BCUT2D eigenvalue weighted by molar-refractivity contribution is 5.85. The molecule has 1 heterocycles. The van der Waals surface area contributed by atoms with Gasteiger partial charge in [0.1, 0.15) is 6.54 Å². The number of guanidine groups is 1. The maximum atomic E-state index is 12.0. The molecule has 2 atom stereocenters. The van der Waals surface area contributed by atoms with Crippen LogP contribution in [0.3, 0.4) is 0 Å². The highest BCUT2D eigenvalue weighted by Gasteiger charge is 2.36. The molecule has 1 saturated carbocycles. The van der Waals surface area contributed by atoms with Crippen molar-refractivity contribution in [3.8, 4) is 0 Å². The van der Waals surface area contributed by atoms with E-state index in [9.17, 15) is 4.79 Å². The van der Waals surface area contributed by atoms with Gasteiger partial charge in [0, 0.05) is 25.7 Å². The van der Waals surface area contributed by atoms with Crippen LogP contribution in [0.15, 0.2) is 4.99 Å². The number of carbonyl (C=O) groups excluding carboxylic acids is 1. The van der Waals surface area contributed by atoms with Crippen molar-refractivity contribution in [3.05, 3.63) is 0 Å². The second-order valence-corrected chi connectivity index (χ2v) is 5.82. The Morgan fingerprint density at radius 1 is 1.30 bits per heavy atom. The average molecular weight is 280 g/mol. The van der Waals surface area contributed by atoms with Gasteiger partial charge in [0.2, 0.25) is 5.91 Å². The fourth-order valence-corrected chi connectivity index (χ4v) is 2.82. The Morgan fingerprint density at radius 2 is 2.05 bits per heavy atom. The number of nitrogens with zero attached hydrogens (tertiary/aromatic N) is 2. The summed E-state index contributed by atoms with van der Waals surface area (Å²) in [5, 5.41) is 6.67. The van der Waals surface area contributed by atoms with Crippen LogP contribution in [0, 0.1) is 5.92 Å². The van der Waals surface area contributed by atoms with Crippen LogP contribution >= 0.6 is 0 Å². The topological polar surface area (TPSA) is 56.7 Å². The second-order valence-electron chi connectivity index (χ2n) is 5.82. The monoisotopic (exact) mass is 280 g/mol. The van der Waals surface area contributed by atoms with Crippen molar-refractivity contribution in [3.63, 3.8) is 0 Å². The minimum absolute atomic E-state index is 0.153. The Morgan fingerprint density at radius 3 is 2.70 bits per heavy atom. The lowest BCUT2D eigenvalue weighted by molar-refractivity contribution is -0.128. The zero-order valence-corrected chi connectivity index (χ0v) is 12.8. The summed E-state index contributed by atoms with van der Waals surface area (Å²) in [5.41, 5.74) is 0. The van der Waals surface area contributed by atoms with Gasteiger partial charge in [-0.1, -0.05) is 13.3 Å². The van der Waals surface area contributed by atoms with E-state index in [4.69, 9.17) is 0 Å². The van der Waals surface area contributed by atoms with Crippen molar-refractivity contribution < 1.29 is 4.79 Å². The van der Waals surface area contributed by atoms with E-state index in [1.54, 1.807) is 0 Å². The first-order chi connectivity index (χ1) is 9.74. The summed E-state index contributed by atoms with van der Waals surface area (Å²) in [7, 11) is 0. The van der Waals surface area contributed by atoms with Crippen LogP contribution in [-0.4, -0.2) is 49.0 Å². The van der Waals surface area contributed by atoms with Crippen LogP contribution in [0.2, 0.25) is 0 Å². The van der Waals surface area contributed by atoms with E-state index in [1.165, 1.54) is 19.3 Å². The summed E-state index contributed by atoms with van der Waals surface area (Å²) in [4.78, 5) is 18.3. The van der Waals surface area contributed by atoms with Gasteiger partial charge < -0.3 is 15.5 Å². The number of aliphatic imine (C=N–C) groups is 1. The van der Waals surface area contributed by atoms with Gasteiger partial charge in [-0.25, -0.2) is 4.99 Å². The Hall–Kier alpha value is -1.26. The molecule has 1 aliphatic carbocycles. The van der Waals surface area contributed by atoms with Crippen molar-refractivity contribution in [1.82, 2.24) is 15.5 Å². The van der Waals surface area contributed by atoms with Crippen molar-refractivity contribution in [2.45, 2.75) is 52.0 Å². The summed E-state index contributed by atoms with van der Waals surface area (Å²) in [6.07, 6.45) is 6.02. The number of likely N-dealkylation sites (tertiary alicyclic amines) is 1. The third-order valence-corrected chi connectivity index (χ3v) is 4.08. The maximum absolute atomic E-state index is 12.0. The van der Waals surface area contributed by atoms with E-state index >= 15 is 0 Å². The average Bonchev–Trinajstić information content (AvgIpc) is 2.94. The van der Waals surface area contributed by atoms with Crippen molar-refractivity contribution in [1.29, 1.82) is 0 Å². The number of nitrogens with one attached hydrogen (secondary N) is 2. The molecule has 0 aromatic carbocycles. The number of carbonyl (C=O) groups is 1. The molecule has 5 nitrogen and oxygen atoms in total. The highest BCUT2D eigenvalue weighted by Crippen LogP contribution is 2.34. The predicted octanol–water partition coefficient (Wildman–Crippen LogP) is 1.35. The molecular weight excluding hydrogens is 252 g/mol. The number of amides is 1. The van der Waals surface area contributed by atoms with Gasteiger partial charge in [-0.15, -0.1) is 0 Å². The van der Waals surface area contributed by atoms with Crippen LogP contribution in [0.5, 0.6) is 0 Å². The van der Waals surface area contributed by atoms with Crippen molar-refractivity contribution in [2.24, 2.45) is 10.9 Å². The van der Waals surface area contributed by atoms with Crippen LogP contribution in [0.25, 0.3) is 0 Å². The Bertz CT molecular complexity index is 350. The largest absolute Gasteiger partial charge is 0.357 e. The van der Waals surface area contributed by atoms with Gasteiger partial charge in [0.05, 0.1) is 0 Å². The molecule has 1 saturated heterocycles. The molecule has 2 rings (SSSR count). The number of hydrogen-bond donors (Lipinski definition) is 2. The SMILES string of the molecule is CCCC1CC1NC(=NCC(=O)N1CCCC1)NCC. The first kappa shape index (κ1) is 15.1. The zero-order chi connectivity index (χ0) is 14.4. The van der Waals surface area contributed by atoms with Gasteiger partial charge >= 0.3 is 0 Å². The van der Waals surface area contributed by atoms with E-state index in [0.29, 0.717) is 6.04 Å². The van der Waals surface area contributed by atoms with Crippen LogP contribution in [0.4, 0.5) is 0 Å². The molecule has 0 aromatic rings. The molecule has 114 valence electrons. The summed E-state index contributed by atoms with van der Waals surface area (Å²) in [6.45, 7) is 7.17. The molecule has 20 heavy (non-hydrogen) atoms. The Balaban J connectivity index is 1.78. The second kappa shape index (κ2) is 7.50. The molecule has 2 unspecified atom stereocenters. The van der Waals surface area contributed by atoms with E-state index in [-0.39, 0.29) is 12.5 Å². The maximum Gasteiger partial charge on any atom is 0.244 e. The van der Waals surface area contributed by atoms with Gasteiger partial charge in [-0.2, -0.15) is 0 Å². The third-order valence-electron chi connectivity index (χ3n) is 4.08. The quantitative estimate of drug-likeness (QED) is 0.570. The van der Waals surface area contributed by atoms with Crippen molar-refractivity contribution >= 4 is 11.9 Å². The van der Waals surface area contributed by atoms with Crippen LogP contribution in [-0.2, 0) is 4.79 Å². The lowest BCUT2D eigenvalue weighted by atomic mass is 10.2. The van der Waals surface area contributed by atoms with E-state index in [0.717, 1.165) is 44.4 Å². The van der Waals surface area contributed by atoms with E-state index in [1.807, 2.05) is 4.90 Å². The minimum atomic E-state index is 0.153. The molecule has 2 N–H and O–H groups in total. The van der Waals surface area contributed by atoms with Crippen LogP contribution < -0.4 is 10.6 Å². The summed E-state index contributed by atoms with van der Waals surface area (Å²) < 4.78 is 0. The summed E-state index contributed by atoms with van der Waals surface area (Å²) in [6, 6.07) is 0.551. The molecule has 5 heteroatoms. The van der Waals surface area contributed by atoms with Gasteiger partial charge in [0.25, 0.3) is 0 Å². The summed E-state index contributed by atoms with van der Waals surface area (Å²) >= 11 is 0. The van der Waals surface area contributed by atoms with Gasteiger partial charge in [-0.05, 0) is 38.5 Å². The van der Waals surface area contributed by atoms with Gasteiger partial charge in [-0.3, -0.25) is 4.79 Å². The molecule has 0 aromatic heterocycles. The molecule has 1 aliphatic heterocycles. The standard InChI is InChI=1S/C15H28N4O/c1-3-7-12-10-13(12)18-15(16-4-2)17-11-14(20)19-8-5-6-9-19/h12-13H,3-11H2,1-2H3,(H2,16,17,18). The lowest BCUT2D eigenvalue weighted by Gasteiger charge is -2.15. The first-order valence-corrected chi connectivity index (χ1v) is 8.07. The smallest absolute Gasteiger partial charge is 0.244 e. The fraction of sp³-hybridized carbons (Fsp3) is 0.867. The Kier molecular flexibility index (Phi) is 5.68. The molecule has 0 bridgehead atoms. The van der Waals surface area contributed by atoms with E-state index < -0.39 is 0 Å². The Labute approximate surface area is 122 Å². The van der Waals surface area contributed by atoms with Crippen molar-refractivity contribution in [2.75, 3.05) is 26.2 Å². The van der Waals surface area contributed by atoms with Gasteiger partial charge in [0.15, 0.2) is 5.96 Å². The number of hydrogen-bond acceptors (Lipinski definition) is 2. The molecule has 1 amide bonds.